The fourth-order valence-corrected chi connectivity index (χ4v) is 3.36. The van der Waals surface area contributed by atoms with Crippen molar-refractivity contribution in [3.05, 3.63) is 86.3 Å². The van der Waals surface area contributed by atoms with E-state index in [1.807, 2.05) is 43.3 Å². The third-order valence-corrected chi connectivity index (χ3v) is 4.71. The van der Waals surface area contributed by atoms with E-state index in [0.29, 0.717) is 16.7 Å². The molecule has 0 saturated heterocycles. The summed E-state index contributed by atoms with van der Waals surface area (Å²) in [6.07, 6.45) is 0. The van der Waals surface area contributed by atoms with Crippen LogP contribution in [0.15, 0.2) is 68.3 Å². The number of benzene rings is 2. The van der Waals surface area contributed by atoms with Crippen LogP contribution in [0.3, 0.4) is 0 Å². The minimum atomic E-state index is -0.489. The molecule has 2 aromatic heterocycles. The van der Waals surface area contributed by atoms with Gasteiger partial charge in [0.15, 0.2) is 0 Å². The van der Waals surface area contributed by atoms with Crippen molar-refractivity contribution >= 4 is 43.8 Å². The molecule has 0 saturated carbocycles. The van der Waals surface area contributed by atoms with Crippen LogP contribution in [-0.4, -0.2) is 11.0 Å². The first-order valence-electron chi connectivity index (χ1n) is 8.27. The lowest BCUT2D eigenvalue weighted by Gasteiger charge is -2.10. The molecule has 27 heavy (non-hydrogen) atoms. The quantitative estimate of drug-likeness (QED) is 0.350. The summed E-state index contributed by atoms with van der Waals surface area (Å²) in [6.45, 7) is 1.80. The lowest BCUT2D eigenvalue weighted by Crippen LogP contribution is -2.09. The molecule has 0 bridgehead atoms. The molecule has 5 nitrogen and oxygen atoms in total. The van der Waals surface area contributed by atoms with Gasteiger partial charge in [-0.2, -0.15) is 0 Å². The van der Waals surface area contributed by atoms with Crippen LogP contribution in [0.1, 0.15) is 21.6 Å². The molecule has 0 atom stereocenters. The summed E-state index contributed by atoms with van der Waals surface area (Å²) >= 11 is 3.35. The molecule has 0 aliphatic rings. The predicted octanol–water partition coefficient (Wildman–Crippen LogP) is 4.77. The van der Waals surface area contributed by atoms with E-state index >= 15 is 0 Å². The van der Waals surface area contributed by atoms with Crippen molar-refractivity contribution in [3.8, 4) is 0 Å². The number of esters is 1. The Balaban J connectivity index is 1.68. The Hall–Kier alpha value is -2.99. The molecule has 4 aromatic rings. The lowest BCUT2D eigenvalue weighted by molar-refractivity contribution is 0.0476. The van der Waals surface area contributed by atoms with Gasteiger partial charge in [-0.25, -0.2) is 9.59 Å². The van der Waals surface area contributed by atoms with Gasteiger partial charge in [0.05, 0.1) is 11.1 Å². The summed E-state index contributed by atoms with van der Waals surface area (Å²) in [5.41, 5.74) is 2.46. The van der Waals surface area contributed by atoms with Gasteiger partial charge in [0.25, 0.3) is 0 Å². The number of aromatic nitrogens is 1. The number of rotatable bonds is 3. The monoisotopic (exact) mass is 423 g/mol. The van der Waals surface area contributed by atoms with Crippen LogP contribution in [0.4, 0.5) is 0 Å². The van der Waals surface area contributed by atoms with Gasteiger partial charge in [0.2, 0.25) is 0 Å². The molecule has 0 aliphatic heterocycles. The maximum absolute atomic E-state index is 12.7. The fourth-order valence-electron chi connectivity index (χ4n) is 3.02. The Bertz CT molecular complexity index is 1250. The molecule has 0 radical (unpaired) electrons. The normalized spacial score (nSPS) is 11.0. The summed E-state index contributed by atoms with van der Waals surface area (Å²) in [5, 5.41) is 1.45. The van der Waals surface area contributed by atoms with Crippen LogP contribution in [0, 0.1) is 6.92 Å². The van der Waals surface area contributed by atoms with Crippen LogP contribution < -0.4 is 5.63 Å². The lowest BCUT2D eigenvalue weighted by atomic mass is 10.1. The number of halogens is 1. The van der Waals surface area contributed by atoms with Crippen LogP contribution in [0.25, 0.3) is 21.9 Å². The number of carbonyl (C=O) groups excluding carboxylic acids is 1. The van der Waals surface area contributed by atoms with Crippen molar-refractivity contribution in [1.29, 1.82) is 0 Å². The molecule has 0 N–H and O–H groups in total. The van der Waals surface area contributed by atoms with Crippen molar-refractivity contribution in [2.75, 3.05) is 0 Å². The molecular weight excluding hydrogens is 410 g/mol. The summed E-state index contributed by atoms with van der Waals surface area (Å²) in [6, 6.07) is 15.8. The number of hydrogen-bond donors (Lipinski definition) is 0. The number of aryl methyl sites for hydroxylation is 1. The average molecular weight is 424 g/mol. The fraction of sp³-hybridized carbons (Fsp3) is 0.0952. The molecule has 2 aromatic carbocycles. The zero-order chi connectivity index (χ0) is 19.0. The molecular formula is C21H14BrNO4. The average Bonchev–Trinajstić information content (AvgIpc) is 2.64. The molecule has 0 aliphatic carbocycles. The second-order valence-corrected chi connectivity index (χ2v) is 7.05. The van der Waals surface area contributed by atoms with Crippen molar-refractivity contribution in [2.24, 2.45) is 0 Å². The molecule has 134 valence electrons. The number of pyridine rings is 1. The highest BCUT2D eigenvalue weighted by Crippen LogP contribution is 2.23. The summed E-state index contributed by atoms with van der Waals surface area (Å²) in [7, 11) is 0. The summed E-state index contributed by atoms with van der Waals surface area (Å²) < 4.78 is 11.5. The molecule has 4 rings (SSSR count). The van der Waals surface area contributed by atoms with Crippen LogP contribution in [0.5, 0.6) is 0 Å². The molecule has 2 heterocycles. The first-order valence-corrected chi connectivity index (χ1v) is 9.06. The predicted molar refractivity (Wildman–Crippen MR) is 106 cm³/mol. The van der Waals surface area contributed by atoms with E-state index in [2.05, 4.69) is 20.9 Å². The van der Waals surface area contributed by atoms with Gasteiger partial charge in [-0.15, -0.1) is 0 Å². The maximum Gasteiger partial charge on any atom is 0.339 e. The van der Waals surface area contributed by atoms with Gasteiger partial charge >= 0.3 is 11.6 Å². The minimum absolute atomic E-state index is 0.0295. The molecule has 0 amide bonds. The Labute approximate surface area is 162 Å². The molecule has 6 heteroatoms. The van der Waals surface area contributed by atoms with Crippen LogP contribution >= 0.6 is 15.9 Å². The van der Waals surface area contributed by atoms with E-state index in [1.165, 1.54) is 6.07 Å². The van der Waals surface area contributed by atoms with E-state index in [1.54, 1.807) is 12.1 Å². The summed E-state index contributed by atoms with van der Waals surface area (Å²) in [5.74, 6) is -0.463. The van der Waals surface area contributed by atoms with Gasteiger partial charge in [-0.3, -0.25) is 4.98 Å². The van der Waals surface area contributed by atoms with Crippen molar-refractivity contribution < 1.29 is 13.9 Å². The Morgan fingerprint density at radius 3 is 2.78 bits per heavy atom. The van der Waals surface area contributed by atoms with Gasteiger partial charge in [0, 0.05) is 32.6 Å². The van der Waals surface area contributed by atoms with Crippen molar-refractivity contribution in [2.45, 2.75) is 13.5 Å². The van der Waals surface area contributed by atoms with Gasteiger partial charge in [-0.05, 0) is 37.3 Å². The minimum Gasteiger partial charge on any atom is -0.457 e. The first-order chi connectivity index (χ1) is 13.0. The number of carbonyl (C=O) groups is 1. The zero-order valence-corrected chi connectivity index (χ0v) is 15.9. The topological polar surface area (TPSA) is 69.4 Å². The molecule has 0 unspecified atom stereocenters. The highest BCUT2D eigenvalue weighted by atomic mass is 79.9. The van der Waals surface area contributed by atoms with Crippen molar-refractivity contribution in [1.82, 2.24) is 4.98 Å². The zero-order valence-electron chi connectivity index (χ0n) is 14.4. The van der Waals surface area contributed by atoms with Gasteiger partial charge < -0.3 is 9.15 Å². The largest absolute Gasteiger partial charge is 0.457 e. The van der Waals surface area contributed by atoms with E-state index in [9.17, 15) is 9.59 Å². The summed E-state index contributed by atoms with van der Waals surface area (Å²) in [4.78, 5) is 29.0. The van der Waals surface area contributed by atoms with Gasteiger partial charge in [-0.1, -0.05) is 34.1 Å². The number of fused-ring (bicyclic) bond motifs is 2. The van der Waals surface area contributed by atoms with E-state index in [0.717, 1.165) is 26.5 Å². The molecule has 0 spiro atoms. The second kappa shape index (κ2) is 6.96. The Kier molecular flexibility index (Phi) is 4.49. The van der Waals surface area contributed by atoms with E-state index < -0.39 is 11.6 Å². The third kappa shape index (κ3) is 3.48. The third-order valence-electron chi connectivity index (χ3n) is 4.22. The molecule has 0 fully saturated rings. The Morgan fingerprint density at radius 1 is 1.11 bits per heavy atom. The first kappa shape index (κ1) is 17.4. The van der Waals surface area contributed by atoms with Crippen LogP contribution in [0.2, 0.25) is 0 Å². The SMILES string of the molecule is Cc1cc(C(=O)OCc2cc(=O)oc3cc(Br)ccc23)c2ccccc2n1. The maximum atomic E-state index is 12.7. The van der Waals surface area contributed by atoms with E-state index in [4.69, 9.17) is 9.15 Å². The highest BCUT2D eigenvalue weighted by molar-refractivity contribution is 9.10. The number of ether oxygens (including phenoxy) is 1. The second-order valence-electron chi connectivity index (χ2n) is 6.14. The highest BCUT2D eigenvalue weighted by Gasteiger charge is 2.15. The number of nitrogens with zero attached hydrogens (tertiary/aromatic N) is 1. The Morgan fingerprint density at radius 2 is 1.93 bits per heavy atom. The van der Waals surface area contributed by atoms with Gasteiger partial charge in [0.1, 0.15) is 12.2 Å². The smallest absolute Gasteiger partial charge is 0.339 e. The number of hydrogen-bond acceptors (Lipinski definition) is 5. The standard InChI is InChI=1S/C21H14BrNO4/c1-12-8-17(16-4-2-3-5-18(16)23-12)21(25)26-11-13-9-20(24)27-19-10-14(22)6-7-15(13)19/h2-10H,11H2,1H3. The van der Waals surface area contributed by atoms with Crippen LogP contribution in [-0.2, 0) is 11.3 Å². The van der Waals surface area contributed by atoms with E-state index in [-0.39, 0.29) is 6.61 Å². The number of para-hydroxylation sites is 1. The van der Waals surface area contributed by atoms with Crippen molar-refractivity contribution in [3.63, 3.8) is 0 Å².